The summed E-state index contributed by atoms with van der Waals surface area (Å²) in [6, 6.07) is 3.33. The number of ketones is 2. The topological polar surface area (TPSA) is 159 Å². The Morgan fingerprint density at radius 2 is 1.91 bits per heavy atom. The van der Waals surface area contributed by atoms with E-state index in [2.05, 4.69) is 0 Å². The molecule has 0 aromatic carbocycles. The number of aliphatic hydroxyl groups excluding tert-OH is 1. The maximum absolute atomic E-state index is 18.2. The van der Waals surface area contributed by atoms with Crippen molar-refractivity contribution < 1.29 is 48.0 Å². The van der Waals surface area contributed by atoms with Crippen molar-refractivity contribution in [2.75, 3.05) is 6.61 Å². The fourth-order valence-electron chi connectivity index (χ4n) is 9.47. The fourth-order valence-corrected chi connectivity index (χ4v) is 9.47. The van der Waals surface area contributed by atoms with Gasteiger partial charge in [0.2, 0.25) is 0 Å². The van der Waals surface area contributed by atoms with Gasteiger partial charge in [0.1, 0.15) is 24.9 Å². The monoisotopic (exact) mass is 652 g/mol. The normalized spacial score (nSPS) is 35.9. The molecule has 11 nitrogen and oxygen atoms in total. The first-order chi connectivity index (χ1) is 22.1. The summed E-state index contributed by atoms with van der Waals surface area (Å²) in [5, 5.41) is 34.5. The molecule has 6 rings (SSSR count). The molecule has 2 N–H and O–H groups in total. The highest BCUT2D eigenvalue weighted by atomic mass is 19.1. The van der Waals surface area contributed by atoms with Crippen molar-refractivity contribution in [1.29, 1.82) is 0 Å². The minimum Gasteiger partial charge on any atom is -0.711 e. The number of fused-ring (bicyclic) bond motifs is 6. The van der Waals surface area contributed by atoms with E-state index in [9.17, 15) is 34.6 Å². The average Bonchev–Trinajstić information content (AvgIpc) is 3.46. The second-order valence-corrected chi connectivity index (χ2v) is 14.2. The van der Waals surface area contributed by atoms with E-state index in [1.807, 2.05) is 6.08 Å². The summed E-state index contributed by atoms with van der Waals surface area (Å²) >= 11 is 0. The van der Waals surface area contributed by atoms with Crippen LogP contribution in [0.1, 0.15) is 64.9 Å². The zero-order valence-corrected chi connectivity index (χ0v) is 27.0. The first kappa shape index (κ1) is 33.0. The van der Waals surface area contributed by atoms with Gasteiger partial charge in [-0.3, -0.25) is 19.2 Å². The lowest BCUT2D eigenvalue weighted by atomic mass is 9.45. The number of allylic oxidation sites excluding steroid dienone is 4. The molecule has 0 amide bonds. The van der Waals surface area contributed by atoms with Gasteiger partial charge in [-0.25, -0.2) is 13.7 Å². The zero-order valence-electron chi connectivity index (χ0n) is 27.0. The summed E-state index contributed by atoms with van der Waals surface area (Å²) in [5.41, 5.74) is -5.07. The highest BCUT2D eigenvalue weighted by molar-refractivity contribution is 5.94. The van der Waals surface area contributed by atoms with Gasteiger partial charge in [0.25, 0.3) is 5.65 Å². The number of aliphatic hydroxyl groups is 2. The molecule has 8 atom stereocenters. The minimum atomic E-state index is -2.19. The second kappa shape index (κ2) is 11.4. The number of esters is 2. The number of aromatic nitrogens is 2. The third kappa shape index (κ3) is 4.69. The molecule has 2 fully saturated rings. The van der Waals surface area contributed by atoms with Crippen LogP contribution >= 0.6 is 0 Å². The number of nitrogens with zero attached hydrogens (tertiary/aromatic N) is 2. The Kier molecular flexibility index (Phi) is 7.98. The van der Waals surface area contributed by atoms with E-state index in [0.29, 0.717) is 33.3 Å². The van der Waals surface area contributed by atoms with E-state index in [1.165, 1.54) is 12.3 Å². The molecule has 2 aromatic rings. The van der Waals surface area contributed by atoms with E-state index < -0.39 is 76.7 Å². The Morgan fingerprint density at radius 3 is 2.64 bits per heavy atom. The van der Waals surface area contributed by atoms with Crippen LogP contribution in [0.15, 0.2) is 48.3 Å². The van der Waals surface area contributed by atoms with Crippen molar-refractivity contribution in [3.63, 3.8) is 0 Å². The minimum absolute atomic E-state index is 0.0364. The Balaban J connectivity index is 1.23. The van der Waals surface area contributed by atoms with Crippen molar-refractivity contribution in [2.45, 2.75) is 83.3 Å². The molecule has 2 saturated carbocycles. The third-order valence-electron chi connectivity index (χ3n) is 11.9. The molecule has 0 radical (unpaired) electrons. The molecule has 4 aliphatic carbocycles. The van der Waals surface area contributed by atoms with Crippen molar-refractivity contribution >= 4 is 34.5 Å². The largest absolute Gasteiger partial charge is 0.711 e. The predicted octanol–water partition coefficient (Wildman–Crippen LogP) is 3.10. The van der Waals surface area contributed by atoms with Crippen molar-refractivity contribution in [3.8, 4) is 0 Å². The lowest BCUT2D eigenvalue weighted by Crippen LogP contribution is -2.69. The molecular weight excluding hydrogens is 611 g/mol. The molecule has 2 heterocycles. The van der Waals surface area contributed by atoms with E-state index in [-0.39, 0.29) is 38.1 Å². The lowest BCUT2D eigenvalue weighted by Gasteiger charge is -2.62. The Morgan fingerprint density at radius 1 is 1.19 bits per heavy atom. The van der Waals surface area contributed by atoms with Gasteiger partial charge in [-0.05, 0) is 56.2 Å². The molecule has 12 heteroatoms. The SMILES string of the molecule is C[C@@H]1C[C@H]2[C@@H]3CC=C4CC(=O)C=C[C@]4(C)[C@@]3(F)[C@@H](OC(=O)CCC(=O)OCc3cn(C)c4c3ccc[n+]4[O-])C[C@]2(C)[C@@]1(O)C(=O)CO. The number of hydrogen-bond donors (Lipinski definition) is 2. The van der Waals surface area contributed by atoms with Crippen LogP contribution in [0.3, 0.4) is 0 Å². The number of alkyl halides is 1. The summed E-state index contributed by atoms with van der Waals surface area (Å²) in [7, 11) is 1.70. The molecule has 4 aliphatic rings. The lowest BCUT2D eigenvalue weighted by molar-refractivity contribution is -0.580. The summed E-state index contributed by atoms with van der Waals surface area (Å²) < 4.78 is 31.9. The average molecular weight is 653 g/mol. The molecule has 0 bridgehead atoms. The van der Waals surface area contributed by atoms with Crippen molar-refractivity contribution in [3.05, 3.63) is 59.1 Å². The number of halogens is 1. The van der Waals surface area contributed by atoms with Gasteiger partial charge < -0.3 is 24.9 Å². The molecule has 0 spiro atoms. The highest BCUT2D eigenvalue weighted by Gasteiger charge is 2.76. The predicted molar refractivity (Wildman–Crippen MR) is 165 cm³/mol. The molecule has 47 heavy (non-hydrogen) atoms. The first-order valence-corrected chi connectivity index (χ1v) is 16.1. The van der Waals surface area contributed by atoms with Gasteiger partial charge in [-0.15, -0.1) is 0 Å². The maximum Gasteiger partial charge on any atom is 0.306 e. The van der Waals surface area contributed by atoms with Crippen LogP contribution in [0.4, 0.5) is 4.39 Å². The quantitative estimate of drug-likeness (QED) is 0.189. The fraction of sp³-hybridized carbons (Fsp3) is 0.571. The van der Waals surface area contributed by atoms with E-state index in [1.54, 1.807) is 56.8 Å². The van der Waals surface area contributed by atoms with Gasteiger partial charge in [0, 0.05) is 28.7 Å². The second-order valence-electron chi connectivity index (χ2n) is 14.2. The van der Waals surface area contributed by atoms with Crippen LogP contribution in [0.2, 0.25) is 0 Å². The highest BCUT2D eigenvalue weighted by Crippen LogP contribution is 2.70. The summed E-state index contributed by atoms with van der Waals surface area (Å²) in [6.07, 6.45) is 6.03. The molecule has 0 saturated heterocycles. The maximum atomic E-state index is 18.2. The number of hydrogen-bond acceptors (Lipinski definition) is 9. The Bertz CT molecular complexity index is 1730. The molecule has 0 aliphatic heterocycles. The number of pyridine rings is 1. The smallest absolute Gasteiger partial charge is 0.306 e. The van der Waals surface area contributed by atoms with Gasteiger partial charge in [0.15, 0.2) is 17.2 Å². The van der Waals surface area contributed by atoms with Crippen LogP contribution < -0.4 is 4.73 Å². The number of aryl methyl sites for hydroxylation is 1. The Hall–Kier alpha value is -3.90. The summed E-state index contributed by atoms with van der Waals surface area (Å²) in [6.45, 7) is 4.10. The third-order valence-corrected chi connectivity index (χ3v) is 11.9. The Labute approximate surface area is 271 Å². The summed E-state index contributed by atoms with van der Waals surface area (Å²) in [5.74, 6) is -4.30. The van der Waals surface area contributed by atoms with Crippen molar-refractivity contribution in [1.82, 2.24) is 4.57 Å². The number of carbonyl (C=O) groups excluding carboxylic acids is 4. The van der Waals surface area contributed by atoms with Gasteiger partial charge in [-0.2, -0.15) is 0 Å². The van der Waals surface area contributed by atoms with Gasteiger partial charge in [-0.1, -0.05) is 31.6 Å². The molecular formula is C35H41FN2O9. The van der Waals surface area contributed by atoms with Crippen molar-refractivity contribution in [2.24, 2.45) is 35.6 Å². The molecule has 252 valence electrons. The number of carbonyl (C=O) groups is 4. The van der Waals surface area contributed by atoms with Crippen LogP contribution in [0.5, 0.6) is 0 Å². The van der Waals surface area contributed by atoms with E-state index >= 15 is 4.39 Å². The standard InChI is InChI=1S/C35H41FN2O9/c1-20-14-26-25-8-7-22-15-23(40)11-12-32(22,2)34(25,36)28(16-33(26,3)35(20,44)27(41)18-39)47-30(43)10-9-29(42)46-19-21-17-37(4)31-24(21)6-5-13-38(31)45/h5-7,11-13,17,20,25-26,28,39,44H,8-10,14-16,18-19H2,1-4H3/t20-,25+,26+,28+,32+,33+,34+,35+/m1/s1. The molecule has 2 aromatic heterocycles. The van der Waals surface area contributed by atoms with Crippen LogP contribution in [0.25, 0.3) is 11.0 Å². The van der Waals surface area contributed by atoms with Crippen LogP contribution in [-0.2, 0) is 42.3 Å². The summed E-state index contributed by atoms with van der Waals surface area (Å²) in [4.78, 5) is 51.5. The zero-order chi connectivity index (χ0) is 34.1. The molecule has 0 unspecified atom stereocenters. The number of ether oxygens (including phenoxy) is 2. The van der Waals surface area contributed by atoms with Crippen LogP contribution in [-0.4, -0.2) is 62.3 Å². The first-order valence-electron chi connectivity index (χ1n) is 16.1. The number of rotatable bonds is 8. The van der Waals surface area contributed by atoms with Crippen LogP contribution in [0, 0.1) is 33.8 Å². The van der Waals surface area contributed by atoms with Gasteiger partial charge >= 0.3 is 11.9 Å². The van der Waals surface area contributed by atoms with E-state index in [4.69, 9.17) is 9.47 Å². The number of Topliss-reactive ketones (excluding diaryl/α,β-unsaturated/α-hetero) is 1. The van der Waals surface area contributed by atoms with E-state index in [0.717, 1.165) is 0 Å². The van der Waals surface area contributed by atoms with Gasteiger partial charge in [0.05, 0.1) is 37.7 Å².